The van der Waals surface area contributed by atoms with Gasteiger partial charge in [-0.25, -0.2) is 8.42 Å². The molecule has 0 fully saturated rings. The van der Waals surface area contributed by atoms with Crippen molar-refractivity contribution in [2.24, 2.45) is 0 Å². The van der Waals surface area contributed by atoms with Gasteiger partial charge in [-0.1, -0.05) is 29.8 Å². The van der Waals surface area contributed by atoms with E-state index in [0.29, 0.717) is 41.7 Å². The van der Waals surface area contributed by atoms with E-state index in [2.05, 4.69) is 10.3 Å². The molecule has 3 aromatic carbocycles. The largest absolute Gasteiger partial charge is 0.495 e. The summed E-state index contributed by atoms with van der Waals surface area (Å²) in [5, 5.41) is 2.80. The number of fused-ring (bicyclic) bond motifs is 1. The minimum Gasteiger partial charge on any atom is -0.495 e. The number of nitrogens with one attached hydrogen (secondary N) is 1. The van der Waals surface area contributed by atoms with Crippen molar-refractivity contribution in [3.05, 3.63) is 72.3 Å². The van der Waals surface area contributed by atoms with Crippen molar-refractivity contribution < 1.29 is 27.0 Å². The summed E-state index contributed by atoms with van der Waals surface area (Å²) >= 11 is 0. The molecule has 0 amide bonds. The number of oxazole rings is 1. The summed E-state index contributed by atoms with van der Waals surface area (Å²) in [6, 6.07) is 19.1. The van der Waals surface area contributed by atoms with Gasteiger partial charge < -0.3 is 23.9 Å². The number of aromatic nitrogens is 1. The Morgan fingerprint density at radius 1 is 0.941 bits per heavy atom. The van der Waals surface area contributed by atoms with Gasteiger partial charge in [-0.3, -0.25) is 0 Å². The van der Waals surface area contributed by atoms with Gasteiger partial charge in [0, 0.05) is 11.6 Å². The molecular formula is C25H22N2O6S. The molecule has 9 heteroatoms. The van der Waals surface area contributed by atoms with E-state index in [1.54, 1.807) is 24.3 Å². The lowest BCUT2D eigenvalue weighted by atomic mass is 10.1. The third-order valence-electron chi connectivity index (χ3n) is 5.33. The molecule has 0 aliphatic carbocycles. The zero-order valence-corrected chi connectivity index (χ0v) is 19.4. The van der Waals surface area contributed by atoms with Gasteiger partial charge in [0.15, 0.2) is 11.5 Å². The molecule has 1 aromatic heterocycles. The molecule has 1 aliphatic heterocycles. The van der Waals surface area contributed by atoms with Crippen molar-refractivity contribution in [1.82, 2.24) is 4.98 Å². The molecule has 1 aliphatic rings. The highest BCUT2D eigenvalue weighted by Gasteiger charge is 2.30. The summed E-state index contributed by atoms with van der Waals surface area (Å²) < 4.78 is 49.8. The molecule has 0 unspecified atom stereocenters. The fraction of sp³-hybridized carbons (Fsp3) is 0.160. The van der Waals surface area contributed by atoms with Crippen LogP contribution in [-0.4, -0.2) is 33.7 Å². The van der Waals surface area contributed by atoms with Crippen LogP contribution in [0.3, 0.4) is 0 Å². The molecule has 0 saturated carbocycles. The molecule has 4 aromatic rings. The first-order chi connectivity index (χ1) is 16.5. The number of ether oxygens (including phenoxy) is 3. The molecule has 8 nitrogen and oxygen atoms in total. The Labute approximate surface area is 197 Å². The number of benzene rings is 3. The topological polar surface area (TPSA) is 99.9 Å². The summed E-state index contributed by atoms with van der Waals surface area (Å²) in [5.41, 5.74) is 2.25. The van der Waals surface area contributed by atoms with Gasteiger partial charge in [0.2, 0.25) is 26.6 Å². The van der Waals surface area contributed by atoms with Crippen LogP contribution in [0.15, 0.2) is 81.1 Å². The predicted octanol–water partition coefficient (Wildman–Crippen LogP) is 5.01. The van der Waals surface area contributed by atoms with E-state index in [1.165, 1.54) is 19.2 Å². The fourth-order valence-electron chi connectivity index (χ4n) is 3.56. The van der Waals surface area contributed by atoms with Crippen molar-refractivity contribution in [1.29, 1.82) is 0 Å². The van der Waals surface area contributed by atoms with E-state index >= 15 is 0 Å². The Kier molecular flexibility index (Phi) is 5.62. The lowest BCUT2D eigenvalue weighted by Gasteiger charge is -2.18. The smallest absolute Gasteiger partial charge is 0.238 e. The van der Waals surface area contributed by atoms with Crippen molar-refractivity contribution in [2.45, 2.75) is 16.8 Å². The van der Waals surface area contributed by atoms with Gasteiger partial charge in [0.1, 0.15) is 19.0 Å². The summed E-state index contributed by atoms with van der Waals surface area (Å²) in [4.78, 5) is 4.41. The quantitative estimate of drug-likeness (QED) is 0.413. The predicted molar refractivity (Wildman–Crippen MR) is 126 cm³/mol. The fourth-order valence-corrected chi connectivity index (χ4v) is 4.83. The number of rotatable bonds is 6. The molecule has 174 valence electrons. The van der Waals surface area contributed by atoms with E-state index in [4.69, 9.17) is 18.6 Å². The van der Waals surface area contributed by atoms with Crippen LogP contribution in [0.2, 0.25) is 0 Å². The highest BCUT2D eigenvalue weighted by molar-refractivity contribution is 7.91. The molecule has 5 rings (SSSR count). The molecule has 0 spiro atoms. The summed E-state index contributed by atoms with van der Waals surface area (Å²) in [5.74, 6) is 1.55. The van der Waals surface area contributed by atoms with Gasteiger partial charge in [0.05, 0.1) is 17.7 Å². The second-order valence-electron chi connectivity index (χ2n) is 7.65. The van der Waals surface area contributed by atoms with E-state index in [9.17, 15) is 8.42 Å². The number of nitrogens with zero attached hydrogens (tertiary/aromatic N) is 1. The average Bonchev–Trinajstić information content (AvgIpc) is 3.29. The zero-order valence-electron chi connectivity index (χ0n) is 18.6. The van der Waals surface area contributed by atoms with Crippen LogP contribution in [0.4, 0.5) is 11.6 Å². The Balaban J connectivity index is 1.63. The van der Waals surface area contributed by atoms with Gasteiger partial charge in [-0.05, 0) is 43.3 Å². The van der Waals surface area contributed by atoms with E-state index in [1.807, 2.05) is 37.3 Å². The number of hydrogen-bond acceptors (Lipinski definition) is 8. The summed E-state index contributed by atoms with van der Waals surface area (Å²) in [6.45, 7) is 2.72. The van der Waals surface area contributed by atoms with Crippen molar-refractivity contribution >= 4 is 21.4 Å². The van der Waals surface area contributed by atoms with Crippen LogP contribution in [0.1, 0.15) is 5.56 Å². The number of hydrogen-bond donors (Lipinski definition) is 1. The third kappa shape index (κ3) is 4.06. The molecular weight excluding hydrogens is 456 g/mol. The molecule has 2 heterocycles. The normalized spacial score (nSPS) is 12.9. The molecule has 0 radical (unpaired) electrons. The SMILES string of the molecule is COc1ccccc1Nc1oc(-c2ccc(C)cc2)nc1S(=O)(=O)c1ccc2c(c1)OCCO2. The Hall–Kier alpha value is -3.98. The lowest BCUT2D eigenvalue weighted by Crippen LogP contribution is -2.16. The van der Waals surface area contributed by atoms with Crippen molar-refractivity contribution in [3.63, 3.8) is 0 Å². The lowest BCUT2D eigenvalue weighted by molar-refractivity contribution is 0.171. The monoisotopic (exact) mass is 478 g/mol. The second kappa shape index (κ2) is 8.75. The Morgan fingerprint density at radius 3 is 2.44 bits per heavy atom. The van der Waals surface area contributed by atoms with E-state index < -0.39 is 9.84 Å². The maximum atomic E-state index is 13.7. The number of aryl methyl sites for hydroxylation is 1. The van der Waals surface area contributed by atoms with Crippen LogP contribution in [0, 0.1) is 6.92 Å². The maximum Gasteiger partial charge on any atom is 0.238 e. The van der Waals surface area contributed by atoms with Crippen molar-refractivity contribution in [2.75, 3.05) is 25.6 Å². The first-order valence-corrected chi connectivity index (χ1v) is 12.1. The van der Waals surface area contributed by atoms with E-state index in [0.717, 1.165) is 5.56 Å². The molecule has 0 atom stereocenters. The Morgan fingerprint density at radius 2 is 1.68 bits per heavy atom. The maximum absolute atomic E-state index is 13.7. The van der Waals surface area contributed by atoms with Crippen LogP contribution in [0.5, 0.6) is 17.2 Å². The highest BCUT2D eigenvalue weighted by Crippen LogP contribution is 2.39. The number of anilines is 2. The molecule has 0 bridgehead atoms. The minimum atomic E-state index is -4.08. The highest BCUT2D eigenvalue weighted by atomic mass is 32.2. The number of sulfone groups is 1. The number of methoxy groups -OCH3 is 1. The molecule has 1 N–H and O–H groups in total. The van der Waals surface area contributed by atoms with Gasteiger partial charge >= 0.3 is 0 Å². The first kappa shape index (κ1) is 21.8. The average molecular weight is 479 g/mol. The Bertz CT molecular complexity index is 1440. The van der Waals surface area contributed by atoms with E-state index in [-0.39, 0.29) is 21.7 Å². The molecule has 34 heavy (non-hydrogen) atoms. The van der Waals surface area contributed by atoms with Gasteiger partial charge in [-0.2, -0.15) is 4.98 Å². The first-order valence-electron chi connectivity index (χ1n) is 10.6. The van der Waals surface area contributed by atoms with Crippen LogP contribution >= 0.6 is 0 Å². The second-order valence-corrected chi connectivity index (χ2v) is 9.52. The van der Waals surface area contributed by atoms with Gasteiger partial charge in [-0.15, -0.1) is 0 Å². The van der Waals surface area contributed by atoms with Crippen molar-refractivity contribution in [3.8, 4) is 28.7 Å². The third-order valence-corrected chi connectivity index (χ3v) is 6.99. The number of para-hydroxylation sites is 2. The van der Waals surface area contributed by atoms with Gasteiger partial charge in [0.25, 0.3) is 0 Å². The summed E-state index contributed by atoms with van der Waals surface area (Å²) in [6.07, 6.45) is 0. The molecule has 0 saturated heterocycles. The van der Waals surface area contributed by atoms with Crippen LogP contribution in [-0.2, 0) is 9.84 Å². The standard InChI is InChI=1S/C25H22N2O6S/c1-16-7-9-17(10-8-16)23-27-25(24(33-23)26-19-5-3-4-6-20(19)30-2)34(28,29)18-11-12-21-22(15-18)32-14-13-31-21/h3-12,15,26H,13-14H2,1-2H3. The zero-order chi connectivity index (χ0) is 23.7. The van der Waals surface area contributed by atoms with Crippen LogP contribution < -0.4 is 19.5 Å². The minimum absolute atomic E-state index is 0.0172. The van der Waals surface area contributed by atoms with Crippen LogP contribution in [0.25, 0.3) is 11.5 Å². The summed E-state index contributed by atoms with van der Waals surface area (Å²) in [7, 11) is -2.55.